The van der Waals surface area contributed by atoms with E-state index in [0.717, 1.165) is 28.1 Å². The van der Waals surface area contributed by atoms with Crippen molar-refractivity contribution in [2.75, 3.05) is 11.9 Å². The lowest BCUT2D eigenvalue weighted by molar-refractivity contribution is 0.0689. The average Bonchev–Trinajstić information content (AvgIpc) is 3.29. The molecule has 0 fully saturated rings. The first-order valence-corrected chi connectivity index (χ1v) is 11.5. The van der Waals surface area contributed by atoms with Crippen molar-refractivity contribution in [2.45, 2.75) is 33.5 Å². The van der Waals surface area contributed by atoms with Crippen LogP contribution in [0.15, 0.2) is 60.9 Å². The van der Waals surface area contributed by atoms with Crippen LogP contribution in [0, 0.1) is 19.7 Å². The molecule has 3 heterocycles. The molecular formula is C27H26FN5O2. The summed E-state index contributed by atoms with van der Waals surface area (Å²) in [6, 6.07) is 14.0. The third-order valence-corrected chi connectivity index (χ3v) is 6.35. The number of nitrogens with zero attached hydrogens (tertiary/aromatic N) is 4. The summed E-state index contributed by atoms with van der Waals surface area (Å²) in [5, 5.41) is 12.9. The van der Waals surface area contributed by atoms with Crippen molar-refractivity contribution >= 4 is 17.5 Å². The molecule has 1 aliphatic rings. The second kappa shape index (κ2) is 9.31. The number of amides is 1. The van der Waals surface area contributed by atoms with Crippen LogP contribution in [0.25, 0.3) is 11.3 Å². The number of aromatic nitrogens is 3. The Balaban J connectivity index is 1.41. The number of anilines is 2. The predicted molar refractivity (Wildman–Crippen MR) is 132 cm³/mol. The Bertz CT molecular complexity index is 1410. The normalized spacial score (nSPS) is 13.1. The van der Waals surface area contributed by atoms with Crippen LogP contribution >= 0.6 is 0 Å². The molecule has 1 amide bonds. The van der Waals surface area contributed by atoms with Gasteiger partial charge in [-0.05, 0) is 60.4 Å². The molecule has 7 nitrogen and oxygen atoms in total. The van der Waals surface area contributed by atoms with Crippen LogP contribution in [0.1, 0.15) is 32.7 Å². The highest BCUT2D eigenvalue weighted by atomic mass is 19.1. The number of rotatable bonds is 6. The predicted octanol–water partition coefficient (Wildman–Crippen LogP) is 4.59. The van der Waals surface area contributed by atoms with Gasteiger partial charge in [-0.15, -0.1) is 0 Å². The third-order valence-electron chi connectivity index (χ3n) is 6.35. The van der Waals surface area contributed by atoms with Gasteiger partial charge >= 0.3 is 0 Å². The van der Waals surface area contributed by atoms with Crippen LogP contribution in [0.5, 0.6) is 0 Å². The topological polar surface area (TPSA) is 83.3 Å². The molecule has 2 N–H and O–H groups in total. The van der Waals surface area contributed by atoms with E-state index in [0.29, 0.717) is 35.9 Å². The highest BCUT2D eigenvalue weighted by molar-refractivity contribution is 5.95. The highest BCUT2D eigenvalue weighted by Gasteiger charge is 2.27. The lowest BCUT2D eigenvalue weighted by Gasteiger charge is -2.29. The molecule has 0 aliphatic carbocycles. The molecule has 5 rings (SSSR count). The molecule has 35 heavy (non-hydrogen) atoms. The van der Waals surface area contributed by atoms with Gasteiger partial charge in [-0.2, -0.15) is 0 Å². The number of hydrogen-bond donors (Lipinski definition) is 2. The molecule has 0 bridgehead atoms. The second-order valence-electron chi connectivity index (χ2n) is 8.77. The van der Waals surface area contributed by atoms with Crippen molar-refractivity contribution in [3.63, 3.8) is 0 Å². The average molecular weight is 472 g/mol. The first-order valence-electron chi connectivity index (χ1n) is 11.5. The van der Waals surface area contributed by atoms with E-state index in [9.17, 15) is 14.3 Å². The van der Waals surface area contributed by atoms with Gasteiger partial charge in [0, 0.05) is 43.3 Å². The van der Waals surface area contributed by atoms with Crippen LogP contribution in [-0.2, 0) is 19.7 Å². The van der Waals surface area contributed by atoms with E-state index in [-0.39, 0.29) is 24.9 Å². The molecule has 1 aliphatic heterocycles. The van der Waals surface area contributed by atoms with Crippen LogP contribution < -0.4 is 5.32 Å². The minimum atomic E-state index is -0.387. The summed E-state index contributed by atoms with van der Waals surface area (Å²) in [6.07, 6.45) is 3.72. The van der Waals surface area contributed by atoms with Crippen molar-refractivity contribution < 1.29 is 14.3 Å². The molecule has 0 spiro atoms. The maximum Gasteiger partial charge on any atom is 0.270 e. The van der Waals surface area contributed by atoms with Crippen molar-refractivity contribution in [1.29, 1.82) is 0 Å². The van der Waals surface area contributed by atoms with Crippen molar-refractivity contribution in [1.82, 2.24) is 19.4 Å². The van der Waals surface area contributed by atoms with E-state index < -0.39 is 0 Å². The Morgan fingerprint density at radius 2 is 1.89 bits per heavy atom. The van der Waals surface area contributed by atoms with Crippen LogP contribution in [0.4, 0.5) is 16.0 Å². The Morgan fingerprint density at radius 3 is 2.69 bits per heavy atom. The molecular weight excluding hydrogens is 445 g/mol. The van der Waals surface area contributed by atoms with Crippen molar-refractivity contribution in [2.24, 2.45) is 0 Å². The van der Waals surface area contributed by atoms with Gasteiger partial charge in [0.25, 0.3) is 5.91 Å². The summed E-state index contributed by atoms with van der Waals surface area (Å²) < 4.78 is 15.7. The zero-order valence-corrected chi connectivity index (χ0v) is 19.6. The van der Waals surface area contributed by atoms with Crippen molar-refractivity contribution in [3.8, 4) is 11.3 Å². The first-order chi connectivity index (χ1) is 16.9. The molecule has 0 saturated heterocycles. The lowest BCUT2D eigenvalue weighted by Crippen LogP contribution is -2.39. The summed E-state index contributed by atoms with van der Waals surface area (Å²) in [4.78, 5) is 24.1. The molecule has 2 aromatic heterocycles. The van der Waals surface area contributed by atoms with Gasteiger partial charge in [0.15, 0.2) is 0 Å². The SMILES string of the molecule is Cc1ccccc1Nc1ncc(C)c(-c2cc3n(c2)CCN(Cc2cc(F)ccc2CO)C3=O)n1. The molecule has 2 aromatic carbocycles. The largest absolute Gasteiger partial charge is 0.392 e. The number of benzene rings is 2. The monoisotopic (exact) mass is 471 g/mol. The number of para-hydroxylation sites is 1. The maximum atomic E-state index is 13.8. The number of carbonyl (C=O) groups is 1. The summed E-state index contributed by atoms with van der Waals surface area (Å²) >= 11 is 0. The molecule has 0 unspecified atom stereocenters. The number of hydrogen-bond acceptors (Lipinski definition) is 5. The van der Waals surface area contributed by atoms with E-state index in [1.54, 1.807) is 17.2 Å². The molecule has 0 saturated carbocycles. The molecule has 4 aromatic rings. The van der Waals surface area contributed by atoms with E-state index >= 15 is 0 Å². The van der Waals surface area contributed by atoms with Crippen molar-refractivity contribution in [3.05, 3.63) is 94.7 Å². The zero-order chi connectivity index (χ0) is 24.5. The van der Waals surface area contributed by atoms with Gasteiger partial charge in [0.2, 0.25) is 5.95 Å². The first kappa shape index (κ1) is 22.7. The minimum Gasteiger partial charge on any atom is -0.392 e. The fraction of sp³-hybridized carbons (Fsp3) is 0.222. The third kappa shape index (κ3) is 4.52. The number of halogens is 1. The summed E-state index contributed by atoms with van der Waals surface area (Å²) in [6.45, 7) is 5.10. The van der Waals surface area contributed by atoms with E-state index in [1.165, 1.54) is 12.1 Å². The number of fused-ring (bicyclic) bond motifs is 1. The molecule has 0 atom stereocenters. The Morgan fingerprint density at radius 1 is 1.06 bits per heavy atom. The Kier molecular flexibility index (Phi) is 6.05. The van der Waals surface area contributed by atoms with Gasteiger partial charge in [-0.25, -0.2) is 14.4 Å². The maximum absolute atomic E-state index is 13.8. The molecule has 8 heteroatoms. The van der Waals surface area contributed by atoms with Crippen LogP contribution in [-0.4, -0.2) is 37.0 Å². The molecule has 0 radical (unpaired) electrons. The van der Waals surface area contributed by atoms with Crippen LogP contribution in [0.3, 0.4) is 0 Å². The van der Waals surface area contributed by atoms with E-state index in [1.807, 2.05) is 54.9 Å². The minimum absolute atomic E-state index is 0.138. The fourth-order valence-electron chi connectivity index (χ4n) is 4.38. The number of aryl methyl sites for hydroxylation is 2. The highest BCUT2D eigenvalue weighted by Crippen LogP contribution is 2.28. The Labute approximate surface area is 202 Å². The standard InChI is InChI=1S/C27H26FN5O2/c1-17-5-3-4-6-23(17)30-27-29-13-18(2)25(31-27)21-12-24-26(35)33(10-9-32(24)15-21)14-20-11-22(28)8-7-19(20)16-34/h3-8,11-13,15,34H,9-10,14,16H2,1-2H3,(H,29,30,31). The number of aliphatic hydroxyl groups is 1. The van der Waals surface area contributed by atoms with Crippen LogP contribution in [0.2, 0.25) is 0 Å². The quantitative estimate of drug-likeness (QED) is 0.430. The van der Waals surface area contributed by atoms with Gasteiger partial charge < -0.3 is 19.9 Å². The number of nitrogens with one attached hydrogen (secondary N) is 1. The number of carbonyl (C=O) groups excluding carboxylic acids is 1. The zero-order valence-electron chi connectivity index (χ0n) is 19.6. The summed E-state index contributed by atoms with van der Waals surface area (Å²) in [5.41, 5.74) is 6.30. The second-order valence-corrected chi connectivity index (χ2v) is 8.77. The fourth-order valence-corrected chi connectivity index (χ4v) is 4.38. The summed E-state index contributed by atoms with van der Waals surface area (Å²) in [7, 11) is 0. The van der Waals surface area contributed by atoms with Gasteiger partial charge in [0.05, 0.1) is 12.3 Å². The van der Waals surface area contributed by atoms with Gasteiger partial charge in [-0.1, -0.05) is 24.3 Å². The van der Waals surface area contributed by atoms with E-state index in [2.05, 4.69) is 10.3 Å². The molecule has 178 valence electrons. The van der Waals surface area contributed by atoms with Gasteiger partial charge in [0.1, 0.15) is 11.5 Å². The van der Waals surface area contributed by atoms with E-state index in [4.69, 9.17) is 4.98 Å². The lowest BCUT2D eigenvalue weighted by atomic mass is 10.1. The Hall–Kier alpha value is -4.04. The smallest absolute Gasteiger partial charge is 0.270 e. The number of aliphatic hydroxyl groups excluding tert-OH is 1. The summed E-state index contributed by atoms with van der Waals surface area (Å²) in [5.74, 6) is -0.0399. The van der Waals surface area contributed by atoms with Gasteiger partial charge in [-0.3, -0.25) is 4.79 Å².